The molecular formula is C11H13N3O2. The molecule has 5 nitrogen and oxygen atoms in total. The Labute approximate surface area is 93.3 Å². The Morgan fingerprint density at radius 3 is 2.75 bits per heavy atom. The van der Waals surface area contributed by atoms with E-state index < -0.39 is 6.10 Å². The molecule has 2 unspecified atom stereocenters. The van der Waals surface area contributed by atoms with Crippen molar-refractivity contribution in [1.29, 1.82) is 0 Å². The molecule has 0 heterocycles. The monoisotopic (exact) mass is 219 g/mol. The molecule has 1 aromatic carbocycles. The number of azide groups is 1. The van der Waals surface area contributed by atoms with E-state index in [4.69, 9.17) is 10.3 Å². The van der Waals surface area contributed by atoms with Gasteiger partial charge in [0.05, 0.1) is 12.2 Å². The van der Waals surface area contributed by atoms with Crippen LogP contribution >= 0.6 is 0 Å². The maximum absolute atomic E-state index is 9.86. The lowest BCUT2D eigenvalue weighted by Crippen LogP contribution is -2.37. The number of fused-ring (bicyclic) bond motifs is 1. The molecule has 0 fully saturated rings. The van der Waals surface area contributed by atoms with Gasteiger partial charge < -0.3 is 9.84 Å². The summed E-state index contributed by atoms with van der Waals surface area (Å²) in [5.74, 6) is 0. The van der Waals surface area contributed by atoms with Gasteiger partial charge in [-0.1, -0.05) is 29.4 Å². The van der Waals surface area contributed by atoms with E-state index in [0.717, 1.165) is 0 Å². The summed E-state index contributed by atoms with van der Waals surface area (Å²) in [4.78, 5) is 2.61. The van der Waals surface area contributed by atoms with Crippen molar-refractivity contribution in [3.63, 3.8) is 0 Å². The van der Waals surface area contributed by atoms with E-state index in [1.807, 2.05) is 24.3 Å². The largest absolute Gasteiger partial charge is 0.390 e. The van der Waals surface area contributed by atoms with E-state index in [1.165, 1.54) is 11.1 Å². The van der Waals surface area contributed by atoms with Crippen LogP contribution < -0.4 is 0 Å². The highest BCUT2D eigenvalue weighted by molar-refractivity contribution is 5.31. The van der Waals surface area contributed by atoms with Crippen LogP contribution in [0.15, 0.2) is 29.4 Å². The van der Waals surface area contributed by atoms with Crippen LogP contribution in [0.3, 0.4) is 0 Å². The lowest BCUT2D eigenvalue weighted by molar-refractivity contribution is -0.0388. The first kappa shape index (κ1) is 11.0. The first-order valence-corrected chi connectivity index (χ1v) is 5.18. The summed E-state index contributed by atoms with van der Waals surface area (Å²) in [6, 6.07) is 7.99. The molecule has 1 aromatic rings. The minimum absolute atomic E-state index is 0.0274. The molecule has 1 aliphatic rings. The second-order valence-corrected chi connectivity index (χ2v) is 3.81. The third-order valence-corrected chi connectivity index (χ3v) is 2.81. The van der Waals surface area contributed by atoms with E-state index in [1.54, 1.807) is 0 Å². The van der Waals surface area contributed by atoms with Crippen LogP contribution in [0.5, 0.6) is 0 Å². The average Bonchev–Trinajstić information content (AvgIpc) is 2.30. The van der Waals surface area contributed by atoms with Crippen LogP contribution in [-0.4, -0.2) is 24.0 Å². The molecule has 0 spiro atoms. The molecule has 1 N–H and O–H groups in total. The lowest BCUT2D eigenvalue weighted by atomic mass is 9.88. The molecule has 0 aliphatic heterocycles. The van der Waals surface area contributed by atoms with Crippen molar-refractivity contribution in [2.24, 2.45) is 5.11 Å². The number of hydrogen-bond donors (Lipinski definition) is 1. The lowest BCUT2D eigenvalue weighted by Gasteiger charge is -2.29. The fourth-order valence-electron chi connectivity index (χ4n) is 1.99. The highest BCUT2D eigenvalue weighted by atomic mass is 16.5. The first-order chi connectivity index (χ1) is 7.81. The zero-order valence-electron chi connectivity index (χ0n) is 8.78. The van der Waals surface area contributed by atoms with E-state index in [9.17, 15) is 5.11 Å². The maximum atomic E-state index is 9.86. The fourth-order valence-corrected chi connectivity index (χ4v) is 1.99. The van der Waals surface area contributed by atoms with Gasteiger partial charge in [0.1, 0.15) is 6.73 Å². The highest BCUT2D eigenvalue weighted by Gasteiger charge is 2.26. The summed E-state index contributed by atoms with van der Waals surface area (Å²) in [6.07, 6.45) is 0.458. The Morgan fingerprint density at radius 1 is 1.38 bits per heavy atom. The number of benzene rings is 1. The zero-order chi connectivity index (χ0) is 11.4. The number of ether oxygens (including phenoxy) is 1. The predicted molar refractivity (Wildman–Crippen MR) is 58.7 cm³/mol. The predicted octanol–water partition coefficient (Wildman–Crippen LogP) is 1.80. The molecule has 0 saturated heterocycles. The Hall–Kier alpha value is -1.55. The molecule has 1 aliphatic carbocycles. The molecule has 0 saturated carbocycles. The van der Waals surface area contributed by atoms with E-state index >= 15 is 0 Å². The van der Waals surface area contributed by atoms with E-state index in [-0.39, 0.29) is 12.8 Å². The summed E-state index contributed by atoms with van der Waals surface area (Å²) in [5, 5.41) is 13.2. The fraction of sp³-hybridized carbons (Fsp3) is 0.455. The summed E-state index contributed by atoms with van der Waals surface area (Å²) < 4.78 is 5.32. The van der Waals surface area contributed by atoms with Crippen molar-refractivity contribution in [2.45, 2.75) is 25.0 Å². The zero-order valence-corrected chi connectivity index (χ0v) is 8.78. The third kappa shape index (κ3) is 2.33. The van der Waals surface area contributed by atoms with Gasteiger partial charge in [-0.05, 0) is 16.7 Å². The smallest absolute Gasteiger partial charge is 0.126 e. The molecule has 0 bridgehead atoms. The number of rotatable bonds is 3. The van der Waals surface area contributed by atoms with Gasteiger partial charge in [0.2, 0.25) is 0 Å². The summed E-state index contributed by atoms with van der Waals surface area (Å²) in [6.45, 7) is -0.0274. The number of hydrogen-bond acceptors (Lipinski definition) is 3. The van der Waals surface area contributed by atoms with Gasteiger partial charge in [0, 0.05) is 17.8 Å². The Bertz CT molecular complexity index is 415. The van der Waals surface area contributed by atoms with Crippen molar-refractivity contribution in [2.75, 3.05) is 6.73 Å². The molecular weight excluding hydrogens is 206 g/mol. The molecule has 2 rings (SSSR count). The first-order valence-electron chi connectivity index (χ1n) is 5.18. The molecule has 5 heteroatoms. The number of aliphatic hydroxyl groups excluding tert-OH is 1. The molecule has 0 aromatic heterocycles. The molecule has 16 heavy (non-hydrogen) atoms. The standard InChI is InChI=1S/C11H13N3O2/c12-14-13-7-16-11-6-9-4-2-1-3-8(9)5-10(11)15/h1-4,10-11,15H,5-7H2. The van der Waals surface area contributed by atoms with Crippen LogP contribution in [0.4, 0.5) is 0 Å². The van der Waals surface area contributed by atoms with Crippen molar-refractivity contribution in [1.82, 2.24) is 0 Å². The molecule has 0 amide bonds. The highest BCUT2D eigenvalue weighted by Crippen LogP contribution is 2.23. The minimum atomic E-state index is -0.524. The topological polar surface area (TPSA) is 78.2 Å². The Morgan fingerprint density at radius 2 is 2.06 bits per heavy atom. The van der Waals surface area contributed by atoms with Crippen molar-refractivity contribution < 1.29 is 9.84 Å². The second kappa shape index (κ2) is 4.99. The van der Waals surface area contributed by atoms with Crippen molar-refractivity contribution >= 4 is 0 Å². The summed E-state index contributed by atoms with van der Waals surface area (Å²) in [7, 11) is 0. The maximum Gasteiger partial charge on any atom is 0.126 e. The SMILES string of the molecule is [N-]=[N+]=NCOC1Cc2ccccc2CC1O. The van der Waals surface area contributed by atoms with Gasteiger partial charge in [-0.2, -0.15) is 0 Å². The van der Waals surface area contributed by atoms with Crippen LogP contribution in [-0.2, 0) is 17.6 Å². The van der Waals surface area contributed by atoms with Gasteiger partial charge in [-0.25, -0.2) is 0 Å². The quantitative estimate of drug-likeness (QED) is 0.478. The van der Waals surface area contributed by atoms with Gasteiger partial charge in [0.25, 0.3) is 0 Å². The van der Waals surface area contributed by atoms with Crippen molar-refractivity contribution in [3.05, 3.63) is 45.8 Å². The van der Waals surface area contributed by atoms with Crippen molar-refractivity contribution in [3.8, 4) is 0 Å². The number of aliphatic hydroxyl groups is 1. The van der Waals surface area contributed by atoms with Gasteiger partial charge >= 0.3 is 0 Å². The number of nitrogens with zero attached hydrogens (tertiary/aromatic N) is 3. The minimum Gasteiger partial charge on any atom is -0.390 e. The van der Waals surface area contributed by atoms with Crippen LogP contribution in [0.2, 0.25) is 0 Å². The van der Waals surface area contributed by atoms with Crippen LogP contribution in [0, 0.1) is 0 Å². The molecule has 84 valence electrons. The Kier molecular flexibility index (Phi) is 3.41. The van der Waals surface area contributed by atoms with Gasteiger partial charge in [-0.15, -0.1) is 0 Å². The molecule has 2 atom stereocenters. The van der Waals surface area contributed by atoms with Gasteiger partial charge in [0.15, 0.2) is 0 Å². The second-order valence-electron chi connectivity index (χ2n) is 3.81. The average molecular weight is 219 g/mol. The normalized spacial score (nSPS) is 23.3. The van der Waals surface area contributed by atoms with Gasteiger partial charge in [-0.3, -0.25) is 0 Å². The van der Waals surface area contributed by atoms with Crippen LogP contribution in [0.25, 0.3) is 10.4 Å². The third-order valence-electron chi connectivity index (χ3n) is 2.81. The van der Waals surface area contributed by atoms with E-state index in [2.05, 4.69) is 10.0 Å². The van der Waals surface area contributed by atoms with E-state index in [0.29, 0.717) is 12.8 Å². The molecule has 0 radical (unpaired) electrons. The Balaban J connectivity index is 2.05. The van der Waals surface area contributed by atoms with Crippen LogP contribution in [0.1, 0.15) is 11.1 Å². The summed E-state index contributed by atoms with van der Waals surface area (Å²) in [5.41, 5.74) is 10.5. The summed E-state index contributed by atoms with van der Waals surface area (Å²) >= 11 is 0.